The molecule has 0 bridgehead atoms. The third kappa shape index (κ3) is 2.42. The van der Waals surface area contributed by atoms with Gasteiger partial charge in [0.15, 0.2) is 0 Å². The first-order chi connectivity index (χ1) is 8.81. The Bertz CT molecular complexity index is 633. The van der Waals surface area contributed by atoms with Crippen LogP contribution in [0.4, 0.5) is 0 Å². The zero-order valence-electron chi connectivity index (χ0n) is 10.0. The molecule has 0 fully saturated rings. The maximum Gasteiger partial charge on any atom is 0.105 e. The molecule has 0 aliphatic carbocycles. The van der Waals surface area contributed by atoms with Crippen LogP contribution in [0, 0.1) is 0 Å². The van der Waals surface area contributed by atoms with E-state index >= 15 is 0 Å². The number of fused-ring (bicyclic) bond motifs is 1. The van der Waals surface area contributed by atoms with E-state index in [1.165, 1.54) is 22.9 Å². The van der Waals surface area contributed by atoms with Gasteiger partial charge in [-0.15, -0.1) is 0 Å². The van der Waals surface area contributed by atoms with E-state index in [1.807, 2.05) is 12.1 Å². The molecule has 92 valence electrons. The third-order valence-electron chi connectivity index (χ3n) is 2.80. The fraction of sp³-hybridized carbons (Fsp3) is 0.231. The molecule has 1 aromatic carbocycles. The van der Waals surface area contributed by atoms with Crippen molar-refractivity contribution in [3.05, 3.63) is 47.9 Å². The van der Waals surface area contributed by atoms with E-state index in [9.17, 15) is 0 Å². The average Bonchev–Trinajstić information content (AvgIpc) is 2.98. The molecule has 0 aliphatic rings. The Morgan fingerprint density at radius 3 is 2.78 bits per heavy atom. The summed E-state index contributed by atoms with van der Waals surface area (Å²) in [5.74, 6) is 0. The first-order valence-corrected chi connectivity index (χ1v) is 6.45. The van der Waals surface area contributed by atoms with Crippen molar-refractivity contribution in [2.24, 2.45) is 0 Å². The van der Waals surface area contributed by atoms with Gasteiger partial charge in [0.1, 0.15) is 11.0 Å². The number of hydrogen-bond acceptors (Lipinski definition) is 5. The molecule has 0 aliphatic heterocycles. The molecule has 0 N–H and O–H groups in total. The number of nitrogens with zero attached hydrogens (tertiary/aromatic N) is 3. The van der Waals surface area contributed by atoms with Crippen LogP contribution in [0.3, 0.4) is 0 Å². The zero-order chi connectivity index (χ0) is 12.4. The van der Waals surface area contributed by atoms with Crippen molar-refractivity contribution in [2.75, 3.05) is 7.05 Å². The van der Waals surface area contributed by atoms with Gasteiger partial charge in [-0.1, -0.05) is 6.07 Å². The normalized spacial score (nSPS) is 11.4. The van der Waals surface area contributed by atoms with Gasteiger partial charge in [0.2, 0.25) is 0 Å². The van der Waals surface area contributed by atoms with E-state index in [0.29, 0.717) is 0 Å². The molecule has 3 aromatic rings. The van der Waals surface area contributed by atoms with Crippen molar-refractivity contribution in [2.45, 2.75) is 13.1 Å². The van der Waals surface area contributed by atoms with E-state index in [2.05, 4.69) is 32.8 Å². The standard InChI is InChI=1S/C13H13N3OS/c1-16(8-11-4-5-17-9-11)7-10-2-3-12-13(6-10)15-18-14-12/h2-6,9H,7-8H2,1H3. The molecule has 3 rings (SSSR count). The third-order valence-corrected chi connectivity index (χ3v) is 3.36. The monoisotopic (exact) mass is 259 g/mol. The smallest absolute Gasteiger partial charge is 0.105 e. The molecule has 18 heavy (non-hydrogen) atoms. The van der Waals surface area contributed by atoms with Crippen LogP contribution >= 0.6 is 11.7 Å². The Labute approximate surface area is 109 Å². The molecular weight excluding hydrogens is 246 g/mol. The number of rotatable bonds is 4. The van der Waals surface area contributed by atoms with Crippen molar-refractivity contribution in [1.82, 2.24) is 13.6 Å². The summed E-state index contributed by atoms with van der Waals surface area (Å²) in [6.45, 7) is 1.77. The van der Waals surface area contributed by atoms with Crippen LogP contribution in [0.15, 0.2) is 41.2 Å². The van der Waals surface area contributed by atoms with Crippen LogP contribution in [0.25, 0.3) is 11.0 Å². The second kappa shape index (κ2) is 4.88. The van der Waals surface area contributed by atoms with Crippen molar-refractivity contribution in [3.63, 3.8) is 0 Å². The van der Waals surface area contributed by atoms with Gasteiger partial charge in [-0.2, -0.15) is 8.75 Å². The molecule has 0 amide bonds. The largest absolute Gasteiger partial charge is 0.472 e. The molecule has 5 heteroatoms. The van der Waals surface area contributed by atoms with Crippen molar-refractivity contribution < 1.29 is 4.42 Å². The minimum Gasteiger partial charge on any atom is -0.472 e. The van der Waals surface area contributed by atoms with Crippen molar-refractivity contribution in [3.8, 4) is 0 Å². The van der Waals surface area contributed by atoms with Gasteiger partial charge in [-0.3, -0.25) is 4.90 Å². The fourth-order valence-corrected chi connectivity index (χ4v) is 2.51. The van der Waals surface area contributed by atoms with Crippen LogP contribution in [0.1, 0.15) is 11.1 Å². The summed E-state index contributed by atoms with van der Waals surface area (Å²) in [6, 6.07) is 8.23. The number of aromatic nitrogens is 2. The van der Waals surface area contributed by atoms with Gasteiger partial charge in [0.05, 0.1) is 24.3 Å². The van der Waals surface area contributed by atoms with Gasteiger partial charge in [0.25, 0.3) is 0 Å². The number of benzene rings is 1. The van der Waals surface area contributed by atoms with Crippen molar-refractivity contribution >= 4 is 22.8 Å². The maximum atomic E-state index is 5.07. The van der Waals surface area contributed by atoms with Crippen LogP contribution in [0.5, 0.6) is 0 Å². The van der Waals surface area contributed by atoms with Gasteiger partial charge < -0.3 is 4.42 Å². The summed E-state index contributed by atoms with van der Waals surface area (Å²) >= 11 is 1.26. The summed E-state index contributed by atoms with van der Waals surface area (Å²) in [4.78, 5) is 2.24. The minimum absolute atomic E-state index is 0.879. The van der Waals surface area contributed by atoms with Crippen LogP contribution in [-0.2, 0) is 13.1 Å². The predicted octanol–water partition coefficient (Wildman–Crippen LogP) is 2.92. The van der Waals surface area contributed by atoms with Crippen LogP contribution in [0.2, 0.25) is 0 Å². The number of furan rings is 1. The Balaban J connectivity index is 1.71. The Kier molecular flexibility index (Phi) is 3.08. The van der Waals surface area contributed by atoms with E-state index < -0.39 is 0 Å². The Morgan fingerprint density at radius 2 is 1.94 bits per heavy atom. The Morgan fingerprint density at radius 1 is 1.11 bits per heavy atom. The summed E-state index contributed by atoms with van der Waals surface area (Å²) in [5.41, 5.74) is 4.39. The van der Waals surface area contributed by atoms with E-state index in [0.717, 1.165) is 24.1 Å². The molecule has 4 nitrogen and oxygen atoms in total. The van der Waals surface area contributed by atoms with Crippen molar-refractivity contribution in [1.29, 1.82) is 0 Å². The summed E-state index contributed by atoms with van der Waals surface area (Å²) in [6.07, 6.45) is 3.49. The summed E-state index contributed by atoms with van der Waals surface area (Å²) < 4.78 is 13.5. The fourth-order valence-electron chi connectivity index (χ4n) is 1.99. The highest BCUT2D eigenvalue weighted by Gasteiger charge is 2.05. The van der Waals surface area contributed by atoms with Gasteiger partial charge >= 0.3 is 0 Å². The van der Waals surface area contributed by atoms with E-state index in [1.54, 1.807) is 12.5 Å². The van der Waals surface area contributed by atoms with Gasteiger partial charge in [-0.25, -0.2) is 0 Å². The first kappa shape index (κ1) is 11.4. The zero-order valence-corrected chi connectivity index (χ0v) is 10.9. The molecule has 0 atom stereocenters. The highest BCUT2D eigenvalue weighted by molar-refractivity contribution is 7.00. The molecule has 0 saturated heterocycles. The summed E-state index contributed by atoms with van der Waals surface area (Å²) in [7, 11) is 2.09. The minimum atomic E-state index is 0.879. The van der Waals surface area contributed by atoms with E-state index in [-0.39, 0.29) is 0 Å². The molecular formula is C13H13N3OS. The molecule has 0 radical (unpaired) electrons. The topological polar surface area (TPSA) is 42.2 Å². The SMILES string of the molecule is CN(Cc1ccoc1)Cc1ccc2nsnc2c1. The lowest BCUT2D eigenvalue weighted by Gasteiger charge is -2.15. The molecule has 0 unspecified atom stereocenters. The van der Waals surface area contributed by atoms with Gasteiger partial charge in [0, 0.05) is 18.7 Å². The first-order valence-electron chi connectivity index (χ1n) is 5.72. The molecule has 2 aromatic heterocycles. The van der Waals surface area contributed by atoms with Crippen LogP contribution < -0.4 is 0 Å². The number of hydrogen-bond donors (Lipinski definition) is 0. The second-order valence-electron chi connectivity index (χ2n) is 4.39. The molecule has 2 heterocycles. The summed E-state index contributed by atoms with van der Waals surface area (Å²) in [5, 5.41) is 0. The lowest BCUT2D eigenvalue weighted by atomic mass is 10.2. The van der Waals surface area contributed by atoms with E-state index in [4.69, 9.17) is 4.42 Å². The highest BCUT2D eigenvalue weighted by Crippen LogP contribution is 2.15. The Hall–Kier alpha value is -1.72. The average molecular weight is 259 g/mol. The molecule has 0 saturated carbocycles. The van der Waals surface area contributed by atoms with Gasteiger partial charge in [-0.05, 0) is 30.8 Å². The predicted molar refractivity (Wildman–Crippen MR) is 71.3 cm³/mol. The second-order valence-corrected chi connectivity index (χ2v) is 4.92. The lowest BCUT2D eigenvalue weighted by molar-refractivity contribution is 0.318. The quantitative estimate of drug-likeness (QED) is 0.722. The lowest BCUT2D eigenvalue weighted by Crippen LogP contribution is -2.16. The van der Waals surface area contributed by atoms with Crippen LogP contribution in [-0.4, -0.2) is 20.7 Å². The molecule has 0 spiro atoms. The highest BCUT2D eigenvalue weighted by atomic mass is 32.1. The maximum absolute atomic E-state index is 5.07.